The van der Waals surface area contributed by atoms with Crippen LogP contribution in [-0.4, -0.2) is 59.2 Å². The molecule has 0 saturated carbocycles. The van der Waals surface area contributed by atoms with Crippen LogP contribution in [0.5, 0.6) is 0 Å². The lowest BCUT2D eigenvalue weighted by Crippen LogP contribution is -2.44. The average Bonchev–Trinajstić information content (AvgIpc) is 2.98. The van der Waals surface area contributed by atoms with E-state index in [9.17, 15) is 14.4 Å². The minimum absolute atomic E-state index is 0.0563. The quantitative estimate of drug-likeness (QED) is 0.747. The van der Waals surface area contributed by atoms with Crippen molar-refractivity contribution in [1.82, 2.24) is 14.7 Å². The molecule has 20 heavy (non-hydrogen) atoms. The number of nitrogens with zero attached hydrogens (tertiary/aromatic N) is 3. The molecule has 2 aliphatic heterocycles. The molecule has 2 aliphatic rings. The first-order valence-corrected chi connectivity index (χ1v) is 7.32. The van der Waals surface area contributed by atoms with E-state index in [0.29, 0.717) is 13.1 Å². The van der Waals surface area contributed by atoms with Crippen molar-refractivity contribution in [3.8, 4) is 0 Å². The molecule has 1 saturated heterocycles. The molecule has 0 spiro atoms. The number of amides is 4. The Bertz CT molecular complexity index is 583. The zero-order chi connectivity index (χ0) is 14.3. The molecule has 3 heterocycles. The van der Waals surface area contributed by atoms with E-state index in [2.05, 4.69) is 0 Å². The second-order valence-corrected chi connectivity index (χ2v) is 6.05. The van der Waals surface area contributed by atoms with Crippen molar-refractivity contribution in [2.24, 2.45) is 0 Å². The van der Waals surface area contributed by atoms with Crippen LogP contribution < -0.4 is 0 Å². The maximum Gasteiger partial charge on any atom is 0.327 e. The van der Waals surface area contributed by atoms with E-state index >= 15 is 0 Å². The molecule has 0 N–H and O–H groups in total. The predicted molar refractivity (Wildman–Crippen MR) is 73.2 cm³/mol. The zero-order valence-electron chi connectivity index (χ0n) is 11.2. The van der Waals surface area contributed by atoms with Crippen LogP contribution in [0.1, 0.15) is 10.4 Å². The van der Waals surface area contributed by atoms with Crippen LogP contribution in [0.3, 0.4) is 0 Å². The smallest absolute Gasteiger partial charge is 0.327 e. The second-order valence-electron chi connectivity index (χ2n) is 5.05. The Balaban J connectivity index is 1.66. The number of hydrogen-bond acceptors (Lipinski definition) is 4. The van der Waals surface area contributed by atoms with Crippen LogP contribution in [0.25, 0.3) is 0 Å². The van der Waals surface area contributed by atoms with E-state index in [1.54, 1.807) is 23.3 Å². The van der Waals surface area contributed by atoms with Gasteiger partial charge in [-0.15, -0.1) is 11.3 Å². The summed E-state index contributed by atoms with van der Waals surface area (Å²) in [6.07, 6.45) is 0.848. The number of urea groups is 1. The Kier molecular flexibility index (Phi) is 3.21. The first-order chi connectivity index (χ1) is 9.56. The number of rotatable bonds is 2. The summed E-state index contributed by atoms with van der Waals surface area (Å²) in [5.74, 6) is -0.474. The van der Waals surface area contributed by atoms with Gasteiger partial charge in [-0.3, -0.25) is 14.5 Å². The Morgan fingerprint density at radius 3 is 2.85 bits per heavy atom. The predicted octanol–water partition coefficient (Wildman–Crippen LogP) is 0.527. The van der Waals surface area contributed by atoms with Gasteiger partial charge in [0.05, 0.1) is 0 Å². The lowest BCUT2D eigenvalue weighted by molar-refractivity contribution is -0.137. The van der Waals surface area contributed by atoms with Crippen LogP contribution in [-0.2, 0) is 22.6 Å². The lowest BCUT2D eigenvalue weighted by atomic mass is 10.1. The Morgan fingerprint density at radius 2 is 2.15 bits per heavy atom. The van der Waals surface area contributed by atoms with Crippen molar-refractivity contribution in [3.05, 3.63) is 21.9 Å². The number of thiophene rings is 1. The molecular weight excluding hydrogens is 278 g/mol. The SMILES string of the molecule is CN1CC(=O)N(CC(=O)N2CCc3sccc3C2)C1=O. The van der Waals surface area contributed by atoms with E-state index in [4.69, 9.17) is 0 Å². The van der Waals surface area contributed by atoms with Crippen molar-refractivity contribution < 1.29 is 14.4 Å². The molecule has 0 aliphatic carbocycles. The van der Waals surface area contributed by atoms with Gasteiger partial charge in [-0.25, -0.2) is 4.79 Å². The molecule has 4 amide bonds. The highest BCUT2D eigenvalue weighted by Crippen LogP contribution is 2.24. The number of likely N-dealkylation sites (N-methyl/N-ethyl adjacent to an activating group) is 1. The van der Waals surface area contributed by atoms with Crippen molar-refractivity contribution >= 4 is 29.2 Å². The maximum atomic E-state index is 12.2. The molecule has 0 unspecified atom stereocenters. The van der Waals surface area contributed by atoms with E-state index < -0.39 is 6.03 Å². The highest BCUT2D eigenvalue weighted by Gasteiger charge is 2.36. The van der Waals surface area contributed by atoms with Crippen LogP contribution in [0, 0.1) is 0 Å². The Labute approximate surface area is 120 Å². The van der Waals surface area contributed by atoms with Gasteiger partial charge in [0, 0.05) is 25.0 Å². The Morgan fingerprint density at radius 1 is 1.35 bits per heavy atom. The summed E-state index contributed by atoms with van der Waals surface area (Å²) in [7, 11) is 1.56. The van der Waals surface area contributed by atoms with Crippen molar-refractivity contribution in [2.45, 2.75) is 13.0 Å². The maximum absolute atomic E-state index is 12.2. The van der Waals surface area contributed by atoms with Crippen LogP contribution >= 0.6 is 11.3 Å². The molecule has 0 radical (unpaired) electrons. The molecule has 1 fully saturated rings. The van der Waals surface area contributed by atoms with Crippen LogP contribution in [0.2, 0.25) is 0 Å². The molecule has 106 valence electrons. The molecule has 3 rings (SSSR count). The summed E-state index contributed by atoms with van der Waals surface area (Å²) in [6, 6.07) is 1.64. The van der Waals surface area contributed by atoms with Gasteiger partial charge < -0.3 is 9.80 Å². The van der Waals surface area contributed by atoms with Crippen molar-refractivity contribution in [2.75, 3.05) is 26.7 Å². The first-order valence-electron chi connectivity index (χ1n) is 6.44. The largest absolute Gasteiger partial charge is 0.336 e. The third kappa shape index (κ3) is 2.18. The highest BCUT2D eigenvalue weighted by molar-refractivity contribution is 7.10. The molecule has 0 atom stereocenters. The molecule has 0 bridgehead atoms. The molecule has 0 aromatic carbocycles. The van der Waals surface area contributed by atoms with Gasteiger partial charge >= 0.3 is 6.03 Å². The fourth-order valence-corrected chi connectivity index (χ4v) is 3.41. The molecule has 7 heteroatoms. The van der Waals surface area contributed by atoms with Crippen LogP contribution in [0.15, 0.2) is 11.4 Å². The molecule has 1 aromatic rings. The summed E-state index contributed by atoms with van der Waals surface area (Å²) < 4.78 is 0. The van der Waals surface area contributed by atoms with Gasteiger partial charge in [-0.05, 0) is 23.4 Å². The molecule has 6 nitrogen and oxygen atoms in total. The summed E-state index contributed by atoms with van der Waals surface area (Å²) in [6.45, 7) is 1.13. The normalized spacial score (nSPS) is 18.8. The fraction of sp³-hybridized carbons (Fsp3) is 0.462. The number of hydrogen-bond donors (Lipinski definition) is 0. The van der Waals surface area contributed by atoms with Crippen LogP contribution in [0.4, 0.5) is 4.79 Å². The first kappa shape index (κ1) is 13.1. The van der Waals surface area contributed by atoms with Crippen molar-refractivity contribution in [1.29, 1.82) is 0 Å². The van der Waals surface area contributed by atoms with Gasteiger partial charge in [0.15, 0.2) is 0 Å². The lowest BCUT2D eigenvalue weighted by Gasteiger charge is -2.28. The van der Waals surface area contributed by atoms with Gasteiger partial charge in [0.25, 0.3) is 5.91 Å². The van der Waals surface area contributed by atoms with E-state index in [-0.39, 0.29) is 24.9 Å². The average molecular weight is 293 g/mol. The van der Waals surface area contributed by atoms with E-state index in [1.165, 1.54) is 15.3 Å². The minimum Gasteiger partial charge on any atom is -0.336 e. The van der Waals surface area contributed by atoms with Gasteiger partial charge in [-0.1, -0.05) is 0 Å². The number of imide groups is 1. The van der Waals surface area contributed by atoms with E-state index in [0.717, 1.165) is 11.3 Å². The minimum atomic E-state index is -0.392. The third-order valence-corrected chi connectivity index (χ3v) is 4.71. The van der Waals surface area contributed by atoms with Crippen molar-refractivity contribution in [3.63, 3.8) is 0 Å². The third-order valence-electron chi connectivity index (χ3n) is 3.68. The summed E-state index contributed by atoms with van der Waals surface area (Å²) in [5.41, 5.74) is 1.17. The topological polar surface area (TPSA) is 60.9 Å². The standard InChI is InChI=1S/C13H15N3O3S/c1-14-7-12(18)16(13(14)19)8-11(17)15-4-2-10-9(6-15)3-5-20-10/h3,5H,2,4,6-8H2,1H3. The Hall–Kier alpha value is -1.89. The number of carbonyl (C=O) groups is 3. The van der Waals surface area contributed by atoms with Gasteiger partial charge in [0.2, 0.25) is 5.91 Å². The zero-order valence-corrected chi connectivity index (χ0v) is 12.0. The van der Waals surface area contributed by atoms with Gasteiger partial charge in [0.1, 0.15) is 13.1 Å². The monoisotopic (exact) mass is 293 g/mol. The number of fused-ring (bicyclic) bond motifs is 1. The molecular formula is C13H15N3O3S. The second kappa shape index (κ2) is 4.90. The number of carbonyl (C=O) groups excluding carboxylic acids is 3. The van der Waals surface area contributed by atoms with E-state index in [1.807, 2.05) is 11.4 Å². The summed E-state index contributed by atoms with van der Waals surface area (Å²) >= 11 is 1.71. The summed E-state index contributed by atoms with van der Waals surface area (Å²) in [5, 5.41) is 2.03. The fourth-order valence-electron chi connectivity index (χ4n) is 2.52. The molecule has 1 aromatic heterocycles. The summed E-state index contributed by atoms with van der Waals surface area (Å²) in [4.78, 5) is 41.1. The van der Waals surface area contributed by atoms with Gasteiger partial charge in [-0.2, -0.15) is 0 Å². The highest BCUT2D eigenvalue weighted by atomic mass is 32.1.